The van der Waals surface area contributed by atoms with E-state index in [2.05, 4.69) is 59.6 Å². The molecule has 2 aromatic rings. The maximum absolute atomic E-state index is 4.48. The van der Waals surface area contributed by atoms with Gasteiger partial charge < -0.3 is 5.32 Å². The first-order chi connectivity index (χ1) is 9.83. The molecular weight excluding hydrogens is 266 g/mol. The third kappa shape index (κ3) is 3.25. The average molecular weight is 287 g/mol. The van der Waals surface area contributed by atoms with Crippen molar-refractivity contribution in [1.29, 1.82) is 0 Å². The standard InChI is InChI=1S/C16H21N3S/c1-13-5-2-3-7-16(13)19-11-14(10-18-19)9-17-15-6-4-8-20-12-15/h2-3,5,7,10-11,15,17H,4,6,8-9,12H2,1H3/t15-/m0/s1. The predicted octanol–water partition coefficient (Wildman–Crippen LogP) is 3.17. The van der Waals surface area contributed by atoms with Crippen LogP contribution in [0.5, 0.6) is 0 Å². The molecule has 1 aromatic carbocycles. The van der Waals surface area contributed by atoms with E-state index in [-0.39, 0.29) is 0 Å². The van der Waals surface area contributed by atoms with Crippen molar-refractivity contribution < 1.29 is 0 Å². The summed E-state index contributed by atoms with van der Waals surface area (Å²) >= 11 is 2.06. The number of nitrogens with one attached hydrogen (secondary N) is 1. The Morgan fingerprint density at radius 1 is 1.40 bits per heavy atom. The summed E-state index contributed by atoms with van der Waals surface area (Å²) in [6, 6.07) is 9.01. The summed E-state index contributed by atoms with van der Waals surface area (Å²) in [6.45, 7) is 3.03. The molecule has 0 bridgehead atoms. The van der Waals surface area contributed by atoms with E-state index in [1.165, 1.54) is 35.5 Å². The van der Waals surface area contributed by atoms with E-state index in [1.807, 2.05) is 10.9 Å². The lowest BCUT2D eigenvalue weighted by Crippen LogP contribution is -2.33. The van der Waals surface area contributed by atoms with Crippen molar-refractivity contribution in [2.45, 2.75) is 32.4 Å². The molecule has 1 aliphatic rings. The molecular formula is C16H21N3S. The van der Waals surface area contributed by atoms with Crippen LogP contribution in [0.3, 0.4) is 0 Å². The molecule has 106 valence electrons. The summed E-state index contributed by atoms with van der Waals surface area (Å²) in [7, 11) is 0. The van der Waals surface area contributed by atoms with Gasteiger partial charge in [0.25, 0.3) is 0 Å². The second kappa shape index (κ2) is 6.46. The van der Waals surface area contributed by atoms with Crippen molar-refractivity contribution in [3.63, 3.8) is 0 Å². The van der Waals surface area contributed by atoms with Crippen LogP contribution < -0.4 is 5.32 Å². The summed E-state index contributed by atoms with van der Waals surface area (Å²) in [6.07, 6.45) is 6.74. The highest BCUT2D eigenvalue weighted by Crippen LogP contribution is 2.17. The lowest BCUT2D eigenvalue weighted by atomic mass is 10.2. The quantitative estimate of drug-likeness (QED) is 0.937. The van der Waals surface area contributed by atoms with E-state index < -0.39 is 0 Å². The Morgan fingerprint density at radius 2 is 2.30 bits per heavy atom. The van der Waals surface area contributed by atoms with E-state index in [9.17, 15) is 0 Å². The number of thioether (sulfide) groups is 1. The first-order valence-electron chi connectivity index (χ1n) is 7.23. The number of hydrogen-bond acceptors (Lipinski definition) is 3. The molecule has 2 heterocycles. The lowest BCUT2D eigenvalue weighted by Gasteiger charge is -2.22. The van der Waals surface area contributed by atoms with Crippen LogP contribution in [0.25, 0.3) is 5.69 Å². The average Bonchev–Trinajstić information content (AvgIpc) is 2.95. The largest absolute Gasteiger partial charge is 0.309 e. The van der Waals surface area contributed by atoms with Gasteiger partial charge >= 0.3 is 0 Å². The first-order valence-corrected chi connectivity index (χ1v) is 8.39. The fourth-order valence-corrected chi connectivity index (χ4v) is 3.67. The molecule has 4 heteroatoms. The van der Waals surface area contributed by atoms with Gasteiger partial charge in [-0.05, 0) is 37.1 Å². The van der Waals surface area contributed by atoms with Crippen molar-refractivity contribution in [1.82, 2.24) is 15.1 Å². The second-order valence-electron chi connectivity index (χ2n) is 5.37. The number of aryl methyl sites for hydroxylation is 1. The van der Waals surface area contributed by atoms with E-state index in [4.69, 9.17) is 0 Å². The molecule has 0 unspecified atom stereocenters. The fourth-order valence-electron chi connectivity index (χ4n) is 2.57. The summed E-state index contributed by atoms with van der Waals surface area (Å²) in [4.78, 5) is 0. The molecule has 1 saturated heterocycles. The number of benzene rings is 1. The molecule has 1 atom stereocenters. The van der Waals surface area contributed by atoms with Gasteiger partial charge in [0.15, 0.2) is 0 Å². The Balaban J connectivity index is 1.63. The van der Waals surface area contributed by atoms with Gasteiger partial charge in [-0.2, -0.15) is 16.9 Å². The highest BCUT2D eigenvalue weighted by atomic mass is 32.2. The SMILES string of the molecule is Cc1ccccc1-n1cc(CN[C@H]2CCCSC2)cn1. The van der Waals surface area contributed by atoms with E-state index >= 15 is 0 Å². The fraction of sp³-hybridized carbons (Fsp3) is 0.438. The minimum absolute atomic E-state index is 0.663. The normalized spacial score (nSPS) is 19.1. The van der Waals surface area contributed by atoms with Gasteiger partial charge in [0.05, 0.1) is 11.9 Å². The van der Waals surface area contributed by atoms with Gasteiger partial charge in [-0.3, -0.25) is 0 Å². The Kier molecular flexibility index (Phi) is 4.43. The van der Waals surface area contributed by atoms with Crippen molar-refractivity contribution >= 4 is 11.8 Å². The third-order valence-electron chi connectivity index (χ3n) is 3.75. The summed E-state index contributed by atoms with van der Waals surface area (Å²) in [5.74, 6) is 2.56. The number of aromatic nitrogens is 2. The van der Waals surface area contributed by atoms with E-state index in [0.717, 1.165) is 12.2 Å². The highest BCUT2D eigenvalue weighted by Gasteiger charge is 2.13. The minimum Gasteiger partial charge on any atom is -0.309 e. The van der Waals surface area contributed by atoms with Gasteiger partial charge in [-0.25, -0.2) is 4.68 Å². The van der Waals surface area contributed by atoms with Crippen LogP contribution in [0.2, 0.25) is 0 Å². The van der Waals surface area contributed by atoms with Crippen molar-refractivity contribution in [3.8, 4) is 5.69 Å². The highest BCUT2D eigenvalue weighted by molar-refractivity contribution is 7.99. The zero-order chi connectivity index (χ0) is 13.8. The van der Waals surface area contributed by atoms with Gasteiger partial charge in [0.2, 0.25) is 0 Å². The van der Waals surface area contributed by atoms with Crippen LogP contribution in [-0.4, -0.2) is 27.3 Å². The number of nitrogens with zero attached hydrogens (tertiary/aromatic N) is 2. The molecule has 1 aliphatic heterocycles. The number of para-hydroxylation sites is 1. The van der Waals surface area contributed by atoms with Crippen LogP contribution in [0.15, 0.2) is 36.7 Å². The maximum atomic E-state index is 4.48. The topological polar surface area (TPSA) is 29.9 Å². The zero-order valence-electron chi connectivity index (χ0n) is 11.9. The smallest absolute Gasteiger partial charge is 0.0674 e. The van der Waals surface area contributed by atoms with Gasteiger partial charge in [0.1, 0.15) is 0 Å². The number of hydrogen-bond donors (Lipinski definition) is 1. The maximum Gasteiger partial charge on any atom is 0.0674 e. The summed E-state index contributed by atoms with van der Waals surface area (Å²) in [5.41, 5.74) is 3.66. The molecule has 3 rings (SSSR count). The zero-order valence-corrected chi connectivity index (χ0v) is 12.7. The van der Waals surface area contributed by atoms with Crippen LogP contribution in [0.4, 0.5) is 0 Å². The minimum atomic E-state index is 0.663. The molecule has 3 nitrogen and oxygen atoms in total. The molecule has 1 fully saturated rings. The van der Waals surface area contributed by atoms with Gasteiger partial charge in [-0.15, -0.1) is 0 Å². The first kappa shape index (κ1) is 13.7. The lowest BCUT2D eigenvalue weighted by molar-refractivity contribution is 0.507. The molecule has 1 N–H and O–H groups in total. The monoisotopic (exact) mass is 287 g/mol. The molecule has 0 radical (unpaired) electrons. The van der Waals surface area contributed by atoms with Crippen molar-refractivity contribution in [2.75, 3.05) is 11.5 Å². The molecule has 0 aliphatic carbocycles. The molecule has 0 amide bonds. The molecule has 0 spiro atoms. The predicted molar refractivity (Wildman–Crippen MR) is 85.5 cm³/mol. The van der Waals surface area contributed by atoms with E-state index in [0.29, 0.717) is 6.04 Å². The summed E-state index contributed by atoms with van der Waals surface area (Å²) in [5, 5.41) is 8.13. The molecule has 20 heavy (non-hydrogen) atoms. The van der Waals surface area contributed by atoms with Crippen molar-refractivity contribution in [2.24, 2.45) is 0 Å². The van der Waals surface area contributed by atoms with Gasteiger partial charge in [-0.1, -0.05) is 18.2 Å². The van der Waals surface area contributed by atoms with Crippen LogP contribution in [0, 0.1) is 6.92 Å². The second-order valence-corrected chi connectivity index (χ2v) is 6.52. The van der Waals surface area contributed by atoms with E-state index in [1.54, 1.807) is 0 Å². The van der Waals surface area contributed by atoms with Crippen LogP contribution in [0.1, 0.15) is 24.0 Å². The Hall–Kier alpha value is -1.26. The Labute approximate surface area is 124 Å². The van der Waals surface area contributed by atoms with Crippen LogP contribution >= 0.6 is 11.8 Å². The van der Waals surface area contributed by atoms with Crippen molar-refractivity contribution in [3.05, 3.63) is 47.8 Å². The third-order valence-corrected chi connectivity index (χ3v) is 4.97. The van der Waals surface area contributed by atoms with Gasteiger partial charge in [0, 0.05) is 30.1 Å². The Morgan fingerprint density at radius 3 is 3.10 bits per heavy atom. The molecule has 0 saturated carbocycles. The Bertz CT molecular complexity index is 558. The molecule has 1 aromatic heterocycles. The number of rotatable bonds is 4. The van der Waals surface area contributed by atoms with Crippen LogP contribution in [-0.2, 0) is 6.54 Å². The summed E-state index contributed by atoms with van der Waals surface area (Å²) < 4.78 is 1.97.